The number of benzene rings is 1. The maximum Gasteiger partial charge on any atom is 0.242 e. The predicted octanol–water partition coefficient (Wildman–Crippen LogP) is 1.90. The fourth-order valence-electron chi connectivity index (χ4n) is 1.34. The lowest BCUT2D eigenvalue weighted by atomic mass is 10.3. The Kier molecular flexibility index (Phi) is 6.50. The van der Waals surface area contributed by atoms with Crippen molar-refractivity contribution >= 4 is 31.6 Å². The Morgan fingerprint density at radius 2 is 2.16 bits per heavy atom. The van der Waals surface area contributed by atoms with E-state index in [1.165, 1.54) is 6.07 Å². The summed E-state index contributed by atoms with van der Waals surface area (Å²) < 4.78 is 32.3. The Hall–Kier alpha value is -0.890. The SMILES string of the molecule is C=CCCOCCNS(=O)(=O)c1cc(Br)ccc1N. The van der Waals surface area contributed by atoms with E-state index in [9.17, 15) is 8.42 Å². The molecule has 0 unspecified atom stereocenters. The van der Waals surface area contributed by atoms with E-state index in [1.54, 1.807) is 18.2 Å². The molecule has 0 saturated carbocycles. The first kappa shape index (κ1) is 16.2. The average Bonchev–Trinajstić information content (AvgIpc) is 2.36. The van der Waals surface area contributed by atoms with E-state index in [1.807, 2.05) is 0 Å². The van der Waals surface area contributed by atoms with Gasteiger partial charge in [0.25, 0.3) is 0 Å². The molecule has 0 aliphatic carbocycles. The van der Waals surface area contributed by atoms with Crippen LogP contribution in [0, 0.1) is 0 Å². The van der Waals surface area contributed by atoms with Gasteiger partial charge in [0.15, 0.2) is 0 Å². The number of nitrogens with one attached hydrogen (secondary N) is 1. The van der Waals surface area contributed by atoms with Gasteiger partial charge in [-0.15, -0.1) is 6.58 Å². The van der Waals surface area contributed by atoms with E-state index in [0.29, 0.717) is 17.7 Å². The number of sulfonamides is 1. The molecule has 0 saturated heterocycles. The standard InChI is InChI=1S/C12H17BrN2O3S/c1-2-3-7-18-8-6-15-19(16,17)12-9-10(13)4-5-11(12)14/h2,4-5,9,15H,1,3,6-8,14H2. The summed E-state index contributed by atoms with van der Waals surface area (Å²) in [4.78, 5) is 0.0629. The number of ether oxygens (including phenoxy) is 1. The number of nitrogen functional groups attached to an aromatic ring is 1. The molecule has 3 N–H and O–H groups in total. The van der Waals surface area contributed by atoms with E-state index >= 15 is 0 Å². The number of nitrogens with two attached hydrogens (primary N) is 1. The van der Waals surface area contributed by atoms with Crippen molar-refractivity contribution in [2.75, 3.05) is 25.5 Å². The summed E-state index contributed by atoms with van der Waals surface area (Å²) in [6.07, 6.45) is 2.48. The van der Waals surface area contributed by atoms with Crippen molar-refractivity contribution in [2.45, 2.75) is 11.3 Å². The summed E-state index contributed by atoms with van der Waals surface area (Å²) in [6.45, 7) is 4.60. The highest BCUT2D eigenvalue weighted by Crippen LogP contribution is 2.22. The van der Waals surface area contributed by atoms with Gasteiger partial charge in [0.2, 0.25) is 10.0 Å². The smallest absolute Gasteiger partial charge is 0.242 e. The molecule has 0 atom stereocenters. The number of rotatable bonds is 8. The first-order valence-electron chi connectivity index (χ1n) is 5.70. The summed E-state index contributed by atoms with van der Waals surface area (Å²) >= 11 is 3.22. The molecule has 7 heteroatoms. The van der Waals surface area contributed by atoms with Crippen LogP contribution >= 0.6 is 15.9 Å². The van der Waals surface area contributed by atoms with E-state index in [-0.39, 0.29) is 17.1 Å². The van der Waals surface area contributed by atoms with Crippen LogP contribution in [0.4, 0.5) is 5.69 Å². The van der Waals surface area contributed by atoms with Crippen molar-refractivity contribution in [3.63, 3.8) is 0 Å². The normalized spacial score (nSPS) is 11.4. The lowest BCUT2D eigenvalue weighted by Crippen LogP contribution is -2.28. The molecule has 0 amide bonds. The lowest BCUT2D eigenvalue weighted by Gasteiger charge is -2.09. The predicted molar refractivity (Wildman–Crippen MR) is 79.4 cm³/mol. The van der Waals surface area contributed by atoms with Crippen LogP contribution in [0.2, 0.25) is 0 Å². The molecule has 1 aromatic rings. The zero-order valence-corrected chi connectivity index (χ0v) is 12.8. The van der Waals surface area contributed by atoms with Crippen LogP contribution in [0.5, 0.6) is 0 Å². The summed E-state index contributed by atoms with van der Waals surface area (Å²) in [6, 6.07) is 4.70. The van der Waals surface area contributed by atoms with Gasteiger partial charge in [0, 0.05) is 11.0 Å². The largest absolute Gasteiger partial charge is 0.398 e. The molecule has 1 aromatic carbocycles. The van der Waals surface area contributed by atoms with Crippen LogP contribution < -0.4 is 10.5 Å². The zero-order chi connectivity index (χ0) is 14.3. The Balaban J connectivity index is 2.56. The Morgan fingerprint density at radius 3 is 2.84 bits per heavy atom. The third-order valence-corrected chi connectivity index (χ3v) is 4.28. The van der Waals surface area contributed by atoms with E-state index in [4.69, 9.17) is 10.5 Å². The second-order valence-electron chi connectivity index (χ2n) is 3.77. The summed E-state index contributed by atoms with van der Waals surface area (Å²) in [5.74, 6) is 0. The Bertz CT molecular complexity index is 532. The molecule has 0 aliphatic rings. The molecular formula is C12H17BrN2O3S. The van der Waals surface area contributed by atoms with Crippen molar-refractivity contribution in [3.8, 4) is 0 Å². The number of hydrogen-bond donors (Lipinski definition) is 2. The van der Waals surface area contributed by atoms with E-state index in [2.05, 4.69) is 27.2 Å². The van der Waals surface area contributed by atoms with Crippen molar-refractivity contribution in [1.29, 1.82) is 0 Å². The molecule has 0 radical (unpaired) electrons. The third-order valence-electron chi connectivity index (χ3n) is 2.27. The van der Waals surface area contributed by atoms with Crippen LogP contribution in [-0.4, -0.2) is 28.2 Å². The minimum atomic E-state index is -3.61. The Labute approximate surface area is 122 Å². The van der Waals surface area contributed by atoms with Crippen LogP contribution in [0.15, 0.2) is 40.2 Å². The summed E-state index contributed by atoms with van der Waals surface area (Å²) in [5.41, 5.74) is 5.87. The first-order chi connectivity index (χ1) is 8.97. The van der Waals surface area contributed by atoms with Crippen molar-refractivity contribution in [3.05, 3.63) is 35.3 Å². The van der Waals surface area contributed by atoms with E-state index in [0.717, 1.165) is 6.42 Å². The van der Waals surface area contributed by atoms with Gasteiger partial charge in [-0.05, 0) is 24.6 Å². The van der Waals surface area contributed by atoms with Gasteiger partial charge < -0.3 is 10.5 Å². The van der Waals surface area contributed by atoms with Gasteiger partial charge >= 0.3 is 0 Å². The molecule has 0 bridgehead atoms. The van der Waals surface area contributed by atoms with Crippen LogP contribution in [0.25, 0.3) is 0 Å². The van der Waals surface area contributed by atoms with Gasteiger partial charge in [-0.25, -0.2) is 13.1 Å². The number of halogens is 1. The van der Waals surface area contributed by atoms with Crippen molar-refractivity contribution < 1.29 is 13.2 Å². The molecule has 0 aliphatic heterocycles. The summed E-state index contributed by atoms with van der Waals surface area (Å²) in [7, 11) is -3.61. The molecule has 0 aromatic heterocycles. The number of hydrogen-bond acceptors (Lipinski definition) is 4. The number of anilines is 1. The zero-order valence-electron chi connectivity index (χ0n) is 10.4. The summed E-state index contributed by atoms with van der Waals surface area (Å²) in [5, 5.41) is 0. The highest BCUT2D eigenvalue weighted by atomic mass is 79.9. The molecule has 106 valence electrons. The third kappa shape index (κ3) is 5.32. The first-order valence-corrected chi connectivity index (χ1v) is 7.98. The second kappa shape index (κ2) is 7.64. The highest BCUT2D eigenvalue weighted by Gasteiger charge is 2.17. The highest BCUT2D eigenvalue weighted by molar-refractivity contribution is 9.10. The van der Waals surface area contributed by atoms with Crippen molar-refractivity contribution in [1.82, 2.24) is 4.72 Å². The van der Waals surface area contributed by atoms with Crippen LogP contribution in [0.3, 0.4) is 0 Å². The molecule has 19 heavy (non-hydrogen) atoms. The quantitative estimate of drug-likeness (QED) is 0.427. The van der Waals surface area contributed by atoms with Crippen molar-refractivity contribution in [2.24, 2.45) is 0 Å². The average molecular weight is 349 g/mol. The van der Waals surface area contributed by atoms with Gasteiger partial charge in [0.05, 0.1) is 18.9 Å². The van der Waals surface area contributed by atoms with Gasteiger partial charge in [-0.1, -0.05) is 22.0 Å². The monoisotopic (exact) mass is 348 g/mol. The van der Waals surface area contributed by atoms with Gasteiger partial charge in [-0.2, -0.15) is 0 Å². The topological polar surface area (TPSA) is 81.4 Å². The maximum absolute atomic E-state index is 12.0. The molecule has 0 fully saturated rings. The van der Waals surface area contributed by atoms with Gasteiger partial charge in [-0.3, -0.25) is 0 Å². The molecular weight excluding hydrogens is 332 g/mol. The fourth-order valence-corrected chi connectivity index (χ4v) is 3.02. The van der Waals surface area contributed by atoms with E-state index < -0.39 is 10.0 Å². The van der Waals surface area contributed by atoms with Crippen LogP contribution in [-0.2, 0) is 14.8 Å². The molecule has 5 nitrogen and oxygen atoms in total. The maximum atomic E-state index is 12.0. The molecule has 0 heterocycles. The molecule has 0 spiro atoms. The fraction of sp³-hybridized carbons (Fsp3) is 0.333. The minimum Gasteiger partial charge on any atom is -0.398 e. The minimum absolute atomic E-state index is 0.0629. The molecule has 1 rings (SSSR count). The van der Waals surface area contributed by atoms with Gasteiger partial charge in [0.1, 0.15) is 4.90 Å². The lowest BCUT2D eigenvalue weighted by molar-refractivity contribution is 0.144. The van der Waals surface area contributed by atoms with Crippen LogP contribution in [0.1, 0.15) is 6.42 Å². The Morgan fingerprint density at radius 1 is 1.42 bits per heavy atom. The second-order valence-corrected chi connectivity index (χ2v) is 6.42.